The van der Waals surface area contributed by atoms with Crippen LogP contribution >= 0.6 is 11.6 Å². The number of halogens is 1. The first-order chi connectivity index (χ1) is 28.6. The van der Waals surface area contributed by atoms with Gasteiger partial charge >= 0.3 is 0 Å². The molecule has 0 aromatic heterocycles. The molecule has 1 aliphatic carbocycles. The fourth-order valence-corrected chi connectivity index (χ4v) is 12.7. The van der Waals surface area contributed by atoms with Crippen LogP contribution in [-0.4, -0.2) is 132 Å². The van der Waals surface area contributed by atoms with E-state index in [1.54, 1.807) is 6.07 Å². The van der Waals surface area contributed by atoms with Crippen LogP contribution in [0.1, 0.15) is 86.2 Å². The third-order valence-electron chi connectivity index (χ3n) is 14.5. The number of nitrogens with one attached hydrogen (secondary N) is 1. The summed E-state index contributed by atoms with van der Waals surface area (Å²) in [4.78, 5) is 24.1. The predicted octanol–water partition coefficient (Wildman–Crippen LogP) is 6.39. The summed E-state index contributed by atoms with van der Waals surface area (Å²) in [6.45, 7) is 12.6. The Labute approximate surface area is 357 Å². The summed E-state index contributed by atoms with van der Waals surface area (Å²) in [6.07, 6.45) is 14.3. The number of carbonyl (C=O) groups excluding carboxylic acids is 1. The third kappa shape index (κ3) is 10.0. The fraction of sp³-hybridized carbons (Fsp3) is 0.674. The van der Waals surface area contributed by atoms with Gasteiger partial charge in [0.05, 0.1) is 24.2 Å². The molecule has 11 nitrogen and oxygen atoms in total. The molecular weight excluding hydrogens is 786 g/mol. The Kier molecular flexibility index (Phi) is 13.9. The highest BCUT2D eigenvalue weighted by Crippen LogP contribution is 2.47. The van der Waals surface area contributed by atoms with Gasteiger partial charge < -0.3 is 19.1 Å². The molecule has 1 amide bonds. The molecule has 1 saturated carbocycles. The minimum atomic E-state index is -4.07. The Morgan fingerprint density at radius 1 is 0.915 bits per heavy atom. The number of hydrogen-bond acceptors (Lipinski definition) is 10. The van der Waals surface area contributed by atoms with Gasteiger partial charge in [-0.25, -0.2) is 13.1 Å². The molecule has 59 heavy (non-hydrogen) atoms. The van der Waals surface area contributed by atoms with E-state index >= 15 is 0 Å². The molecule has 6 atom stereocenters. The van der Waals surface area contributed by atoms with Gasteiger partial charge in [0, 0.05) is 76.1 Å². The van der Waals surface area contributed by atoms with Crippen LogP contribution in [0.5, 0.6) is 5.75 Å². The summed E-state index contributed by atoms with van der Waals surface area (Å²) in [7, 11) is -2.18. The van der Waals surface area contributed by atoms with Crippen molar-refractivity contribution in [3.05, 3.63) is 70.3 Å². The van der Waals surface area contributed by atoms with Gasteiger partial charge in [-0.2, -0.15) is 0 Å². The van der Waals surface area contributed by atoms with E-state index in [0.717, 1.165) is 101 Å². The zero-order valence-electron chi connectivity index (χ0n) is 35.3. The maximum Gasteiger partial charge on any atom is 0.264 e. The van der Waals surface area contributed by atoms with Crippen molar-refractivity contribution >= 4 is 33.2 Å². The van der Waals surface area contributed by atoms with Gasteiger partial charge in [0.2, 0.25) is 10.0 Å². The lowest BCUT2D eigenvalue weighted by molar-refractivity contribution is -0.1000. The summed E-state index contributed by atoms with van der Waals surface area (Å²) >= 11 is 6.46. The first kappa shape index (κ1) is 43.0. The summed E-state index contributed by atoms with van der Waals surface area (Å²) < 4.78 is 50.4. The highest BCUT2D eigenvalue weighted by Gasteiger charge is 2.49. The Balaban J connectivity index is 1.15. The number of amides is 1. The molecule has 4 fully saturated rings. The Bertz CT molecular complexity index is 1910. The molecule has 324 valence electrons. The van der Waals surface area contributed by atoms with Crippen LogP contribution in [0.4, 0.5) is 5.69 Å². The van der Waals surface area contributed by atoms with Crippen LogP contribution in [-0.2, 0) is 32.5 Å². The summed E-state index contributed by atoms with van der Waals surface area (Å²) in [5.74, 6) is 0.472. The average Bonchev–Trinajstić information content (AvgIpc) is 3.25. The molecule has 13 heteroatoms. The van der Waals surface area contributed by atoms with Crippen molar-refractivity contribution in [2.24, 2.45) is 17.8 Å². The molecule has 2 aromatic carbocycles. The zero-order chi connectivity index (χ0) is 41.0. The second kappa shape index (κ2) is 19.1. The second-order valence-corrected chi connectivity index (χ2v) is 20.5. The van der Waals surface area contributed by atoms with Crippen molar-refractivity contribution < 1.29 is 27.4 Å². The van der Waals surface area contributed by atoms with Crippen molar-refractivity contribution in [3.8, 4) is 5.75 Å². The van der Waals surface area contributed by atoms with E-state index in [2.05, 4.69) is 42.5 Å². The fourth-order valence-electron chi connectivity index (χ4n) is 10.9. The van der Waals surface area contributed by atoms with E-state index in [4.69, 9.17) is 25.8 Å². The van der Waals surface area contributed by atoms with E-state index in [-0.39, 0.29) is 11.8 Å². The first-order valence-corrected chi connectivity index (χ1v) is 24.4. The van der Waals surface area contributed by atoms with Crippen molar-refractivity contribution in [1.82, 2.24) is 19.4 Å². The number of fused-ring (bicyclic) bond motifs is 4. The van der Waals surface area contributed by atoms with Crippen LogP contribution in [0, 0.1) is 17.8 Å². The lowest BCUT2D eigenvalue weighted by Gasteiger charge is -2.53. The average molecular weight is 853 g/mol. The molecule has 3 saturated heterocycles. The topological polar surface area (TPSA) is 104 Å². The lowest BCUT2D eigenvalue weighted by atomic mass is 9.63. The quantitative estimate of drug-likeness (QED) is 0.329. The van der Waals surface area contributed by atoms with E-state index in [9.17, 15) is 13.2 Å². The second-order valence-electron chi connectivity index (χ2n) is 18.2. The number of piperidine rings is 1. The monoisotopic (exact) mass is 851 g/mol. The van der Waals surface area contributed by atoms with Crippen molar-refractivity contribution in [1.29, 1.82) is 0 Å². The minimum absolute atomic E-state index is 0.239. The molecule has 3 unspecified atom stereocenters. The van der Waals surface area contributed by atoms with Crippen LogP contribution in [0.25, 0.3) is 0 Å². The van der Waals surface area contributed by atoms with Gasteiger partial charge in [0.15, 0.2) is 0 Å². The first-order valence-electron chi connectivity index (χ1n) is 22.5. The zero-order valence-corrected chi connectivity index (χ0v) is 36.9. The number of benzene rings is 2. The molecule has 0 radical (unpaired) electrons. The van der Waals surface area contributed by atoms with E-state index in [1.165, 1.54) is 31.4 Å². The standard InChI is InChI=1S/C46H66ClN5O6S/c1-34-8-7-18-46(56-2,33-50-22-23-51-19-6-4-10-40(51)31-50)41-15-12-37(41)30-52-20-5-3-9-35-28-39(47)14-11-38(35)32-58-43-16-13-36(29-42(43)52)45(53)48-59(54,55)44(34)17-21-49-24-26-57-27-25-49/h7,11,13-14,16,18,28-29,34,37,40-41,44H,3-6,8-10,12,15,17,19-27,30-33H2,1-2H3,(H,48,53)/b18-7+/t34?,37?,40-,41?,44-,46+/m1/s1. The lowest BCUT2D eigenvalue weighted by Crippen LogP contribution is -2.61. The normalized spacial score (nSPS) is 31.9. The number of nitrogens with zero attached hydrogens (tertiary/aromatic N) is 4. The Morgan fingerprint density at radius 2 is 1.76 bits per heavy atom. The number of piperazine rings is 1. The van der Waals surface area contributed by atoms with Gasteiger partial charge in [-0.1, -0.05) is 43.2 Å². The number of anilines is 1. The largest absolute Gasteiger partial charge is 0.487 e. The minimum Gasteiger partial charge on any atom is -0.487 e. The van der Waals surface area contributed by atoms with Crippen LogP contribution in [0.2, 0.25) is 5.02 Å². The Morgan fingerprint density at radius 3 is 2.58 bits per heavy atom. The number of aryl methyl sites for hydroxylation is 1. The van der Waals surface area contributed by atoms with Gasteiger partial charge in [-0.3, -0.25) is 19.5 Å². The van der Waals surface area contributed by atoms with Crippen molar-refractivity contribution in [2.75, 3.05) is 90.7 Å². The number of morpholine rings is 1. The van der Waals surface area contributed by atoms with Gasteiger partial charge in [0.1, 0.15) is 18.0 Å². The molecule has 6 aliphatic rings. The highest BCUT2D eigenvalue weighted by atomic mass is 35.5. The number of ether oxygens (including phenoxy) is 3. The number of sulfonamides is 1. The van der Waals surface area contributed by atoms with E-state index < -0.39 is 26.8 Å². The summed E-state index contributed by atoms with van der Waals surface area (Å²) in [6, 6.07) is 12.0. The van der Waals surface area contributed by atoms with E-state index in [0.29, 0.717) is 62.5 Å². The molecule has 1 N–H and O–H groups in total. The van der Waals surface area contributed by atoms with Crippen molar-refractivity contribution in [3.63, 3.8) is 0 Å². The molecule has 0 spiro atoms. The summed E-state index contributed by atoms with van der Waals surface area (Å²) in [5, 5.41) is -0.0476. The van der Waals surface area contributed by atoms with E-state index in [1.807, 2.05) is 38.3 Å². The van der Waals surface area contributed by atoms with Crippen LogP contribution in [0.3, 0.4) is 0 Å². The summed E-state index contributed by atoms with van der Waals surface area (Å²) in [5.41, 5.74) is 2.91. The van der Waals surface area contributed by atoms with Crippen LogP contribution in [0.15, 0.2) is 48.6 Å². The SMILES string of the molecule is CO[C@]1(CN2CCN3CCCC[C@@H]3C2)/C=C/CC(C)[C@@H](CCN2CCOCC2)S(=O)(=O)NC(=O)c2ccc3c(c2)N(CCCCc2cc(Cl)ccc2CO3)CC2CCC21. The maximum absolute atomic E-state index is 14.4. The number of carbonyl (C=O) groups is 1. The van der Waals surface area contributed by atoms with Crippen molar-refractivity contribution in [2.45, 2.75) is 94.6 Å². The molecule has 2 bridgehead atoms. The number of rotatable bonds is 6. The smallest absolute Gasteiger partial charge is 0.264 e. The molecular formula is C46H66ClN5O6S. The number of methoxy groups -OCH3 is 1. The highest BCUT2D eigenvalue weighted by molar-refractivity contribution is 7.90. The predicted molar refractivity (Wildman–Crippen MR) is 234 cm³/mol. The molecule has 5 aliphatic heterocycles. The molecule has 8 rings (SSSR count). The molecule has 5 heterocycles. The molecule has 2 aromatic rings. The Hall–Kier alpha value is -2.71. The number of hydrogen-bond donors (Lipinski definition) is 1. The van der Waals surface area contributed by atoms with Gasteiger partial charge in [-0.15, -0.1) is 0 Å². The van der Waals surface area contributed by atoms with Gasteiger partial charge in [0.25, 0.3) is 5.91 Å². The van der Waals surface area contributed by atoms with Gasteiger partial charge in [-0.05, 0) is 130 Å². The maximum atomic E-state index is 14.4. The van der Waals surface area contributed by atoms with Crippen LogP contribution < -0.4 is 14.4 Å². The number of allylic oxidation sites excluding steroid dienone is 1. The third-order valence-corrected chi connectivity index (χ3v) is 16.7.